The Labute approximate surface area is 138 Å². The highest BCUT2D eigenvalue weighted by Gasteiger charge is 2.23. The molecule has 122 valence electrons. The molecule has 0 unspecified atom stereocenters. The number of nitrogens with zero attached hydrogens (tertiary/aromatic N) is 2. The van der Waals surface area contributed by atoms with Gasteiger partial charge in [-0.3, -0.25) is 0 Å². The van der Waals surface area contributed by atoms with Crippen LogP contribution >= 0.6 is 0 Å². The molecule has 0 radical (unpaired) electrons. The lowest BCUT2D eigenvalue weighted by Crippen LogP contribution is -2.28. The fourth-order valence-corrected chi connectivity index (χ4v) is 3.19. The molecule has 4 heteroatoms. The summed E-state index contributed by atoms with van der Waals surface area (Å²) in [4.78, 5) is 8.80. The third-order valence-corrected chi connectivity index (χ3v) is 4.64. The summed E-state index contributed by atoms with van der Waals surface area (Å²) in [7, 11) is 0. The Balaban J connectivity index is 1.58. The van der Waals surface area contributed by atoms with Crippen molar-refractivity contribution in [3.05, 3.63) is 42.6 Å². The largest absolute Gasteiger partial charge is 0.439 e. The van der Waals surface area contributed by atoms with Gasteiger partial charge in [-0.05, 0) is 49.7 Å². The lowest BCUT2D eigenvalue weighted by atomic mass is 9.80. The monoisotopic (exact) mass is 311 g/mol. The van der Waals surface area contributed by atoms with Crippen LogP contribution in [0.3, 0.4) is 0 Å². The molecule has 23 heavy (non-hydrogen) atoms. The first-order chi connectivity index (χ1) is 11.2. The number of rotatable bonds is 5. The van der Waals surface area contributed by atoms with Gasteiger partial charge < -0.3 is 10.1 Å². The molecule has 1 aliphatic rings. The maximum Gasteiger partial charge on any atom is 0.226 e. The van der Waals surface area contributed by atoms with Crippen LogP contribution in [0.4, 0.5) is 5.95 Å². The zero-order valence-electron chi connectivity index (χ0n) is 13.9. The van der Waals surface area contributed by atoms with Crippen LogP contribution in [0.15, 0.2) is 42.6 Å². The highest BCUT2D eigenvalue weighted by atomic mass is 16.5. The highest BCUT2D eigenvalue weighted by molar-refractivity contribution is 5.32. The molecule has 0 bridgehead atoms. The van der Waals surface area contributed by atoms with Crippen molar-refractivity contribution >= 4 is 5.95 Å². The Morgan fingerprint density at radius 3 is 2.48 bits per heavy atom. The second-order valence-corrected chi connectivity index (χ2v) is 6.63. The van der Waals surface area contributed by atoms with Gasteiger partial charge in [0.05, 0.1) is 0 Å². The molecule has 1 aliphatic carbocycles. The smallest absolute Gasteiger partial charge is 0.226 e. The van der Waals surface area contributed by atoms with E-state index in [-0.39, 0.29) is 0 Å². The van der Waals surface area contributed by atoms with Crippen molar-refractivity contribution < 1.29 is 4.74 Å². The molecule has 1 aromatic heterocycles. The first-order valence-corrected chi connectivity index (χ1v) is 8.53. The van der Waals surface area contributed by atoms with Gasteiger partial charge in [-0.2, -0.15) is 4.98 Å². The quantitative estimate of drug-likeness (QED) is 0.853. The summed E-state index contributed by atoms with van der Waals surface area (Å²) in [6.07, 6.45) is 6.70. The van der Waals surface area contributed by atoms with Crippen LogP contribution in [0, 0.1) is 11.8 Å². The normalized spacial score (nSPS) is 21.2. The maximum atomic E-state index is 5.77. The summed E-state index contributed by atoms with van der Waals surface area (Å²) >= 11 is 0. The van der Waals surface area contributed by atoms with Crippen molar-refractivity contribution in [3.8, 4) is 11.6 Å². The van der Waals surface area contributed by atoms with Gasteiger partial charge in [0.1, 0.15) is 5.75 Å². The lowest BCUT2D eigenvalue weighted by molar-refractivity contribution is 0.266. The summed E-state index contributed by atoms with van der Waals surface area (Å²) in [6.45, 7) is 4.65. The zero-order chi connectivity index (χ0) is 16.1. The second-order valence-electron chi connectivity index (χ2n) is 6.63. The Kier molecular flexibility index (Phi) is 5.11. The fraction of sp³-hybridized carbons (Fsp3) is 0.474. The van der Waals surface area contributed by atoms with Gasteiger partial charge in [0, 0.05) is 18.3 Å². The molecular weight excluding hydrogens is 286 g/mol. The molecule has 2 aromatic rings. The van der Waals surface area contributed by atoms with Crippen LogP contribution in [-0.4, -0.2) is 16.0 Å². The van der Waals surface area contributed by atoms with Crippen LogP contribution in [0.5, 0.6) is 11.6 Å². The van der Waals surface area contributed by atoms with E-state index in [1.165, 1.54) is 25.7 Å². The van der Waals surface area contributed by atoms with Gasteiger partial charge in [-0.25, -0.2) is 4.98 Å². The molecule has 0 amide bonds. The molecule has 3 rings (SSSR count). The molecule has 1 aromatic carbocycles. The highest BCUT2D eigenvalue weighted by Crippen LogP contribution is 2.31. The summed E-state index contributed by atoms with van der Waals surface area (Å²) in [5.74, 6) is 3.67. The van der Waals surface area contributed by atoms with E-state index in [4.69, 9.17) is 4.74 Å². The average Bonchev–Trinajstić information content (AvgIpc) is 2.57. The van der Waals surface area contributed by atoms with Gasteiger partial charge in [-0.1, -0.05) is 32.0 Å². The van der Waals surface area contributed by atoms with Crippen molar-refractivity contribution in [1.82, 2.24) is 9.97 Å². The minimum absolute atomic E-state index is 0.469. The number of ether oxygens (including phenoxy) is 1. The molecule has 1 heterocycles. The lowest BCUT2D eigenvalue weighted by Gasteiger charge is -2.31. The molecule has 1 N–H and O–H groups in total. The van der Waals surface area contributed by atoms with Crippen molar-refractivity contribution in [1.29, 1.82) is 0 Å². The SMILES string of the molecule is CC(C)C1CCC(Nc2nccc(Oc3ccccc3)n2)CC1. The molecule has 0 saturated heterocycles. The first kappa shape index (κ1) is 15.8. The van der Waals surface area contributed by atoms with Crippen LogP contribution < -0.4 is 10.1 Å². The summed E-state index contributed by atoms with van der Waals surface area (Å²) in [6, 6.07) is 12.0. The van der Waals surface area contributed by atoms with Gasteiger partial charge in [-0.15, -0.1) is 0 Å². The van der Waals surface area contributed by atoms with E-state index in [0.717, 1.165) is 17.6 Å². The third kappa shape index (κ3) is 4.44. The molecule has 1 fully saturated rings. The summed E-state index contributed by atoms with van der Waals surface area (Å²) < 4.78 is 5.77. The average molecular weight is 311 g/mol. The van der Waals surface area contributed by atoms with Crippen LogP contribution in [0.25, 0.3) is 0 Å². The standard InChI is InChI=1S/C19H25N3O/c1-14(2)15-8-10-16(11-9-15)21-19-20-13-12-18(22-19)23-17-6-4-3-5-7-17/h3-7,12-16H,8-11H2,1-2H3,(H,20,21,22). The van der Waals surface area contributed by atoms with E-state index in [1.54, 1.807) is 12.3 Å². The second kappa shape index (κ2) is 7.44. The fourth-order valence-electron chi connectivity index (χ4n) is 3.19. The Hall–Kier alpha value is -2.10. The Morgan fingerprint density at radius 1 is 1.04 bits per heavy atom. The first-order valence-electron chi connectivity index (χ1n) is 8.53. The molecule has 0 aliphatic heterocycles. The van der Waals surface area contributed by atoms with E-state index in [1.807, 2.05) is 30.3 Å². The van der Waals surface area contributed by atoms with Gasteiger partial charge in [0.15, 0.2) is 0 Å². The zero-order valence-corrected chi connectivity index (χ0v) is 13.9. The van der Waals surface area contributed by atoms with Crippen molar-refractivity contribution in [3.63, 3.8) is 0 Å². The van der Waals surface area contributed by atoms with Crippen molar-refractivity contribution in [2.75, 3.05) is 5.32 Å². The van der Waals surface area contributed by atoms with E-state index in [9.17, 15) is 0 Å². The number of hydrogen-bond acceptors (Lipinski definition) is 4. The van der Waals surface area contributed by atoms with Gasteiger partial charge in [0.2, 0.25) is 11.8 Å². The predicted octanol–water partition coefficient (Wildman–Crippen LogP) is 4.90. The number of aromatic nitrogens is 2. The molecule has 0 atom stereocenters. The molecule has 1 saturated carbocycles. The number of anilines is 1. The minimum atomic E-state index is 0.469. The maximum absolute atomic E-state index is 5.77. The van der Waals surface area contributed by atoms with E-state index < -0.39 is 0 Å². The summed E-state index contributed by atoms with van der Waals surface area (Å²) in [5.41, 5.74) is 0. The minimum Gasteiger partial charge on any atom is -0.439 e. The molecule has 0 spiro atoms. The number of para-hydroxylation sites is 1. The number of hydrogen-bond donors (Lipinski definition) is 1. The van der Waals surface area contributed by atoms with Crippen LogP contribution in [-0.2, 0) is 0 Å². The predicted molar refractivity (Wildman–Crippen MR) is 92.8 cm³/mol. The number of nitrogens with one attached hydrogen (secondary N) is 1. The van der Waals surface area contributed by atoms with E-state index in [0.29, 0.717) is 17.9 Å². The van der Waals surface area contributed by atoms with Crippen LogP contribution in [0.1, 0.15) is 39.5 Å². The van der Waals surface area contributed by atoms with Gasteiger partial charge in [0.25, 0.3) is 0 Å². The Bertz CT molecular complexity index is 607. The molecular formula is C19H25N3O. The van der Waals surface area contributed by atoms with Crippen molar-refractivity contribution in [2.24, 2.45) is 11.8 Å². The number of benzene rings is 1. The van der Waals surface area contributed by atoms with E-state index in [2.05, 4.69) is 29.1 Å². The van der Waals surface area contributed by atoms with E-state index >= 15 is 0 Å². The third-order valence-electron chi connectivity index (χ3n) is 4.64. The summed E-state index contributed by atoms with van der Waals surface area (Å²) in [5, 5.41) is 3.46. The topological polar surface area (TPSA) is 47.0 Å². The Morgan fingerprint density at radius 2 is 1.78 bits per heavy atom. The molecule has 4 nitrogen and oxygen atoms in total. The van der Waals surface area contributed by atoms with Crippen LogP contribution in [0.2, 0.25) is 0 Å². The van der Waals surface area contributed by atoms with Gasteiger partial charge >= 0.3 is 0 Å². The van der Waals surface area contributed by atoms with Crippen molar-refractivity contribution in [2.45, 2.75) is 45.6 Å².